The Labute approximate surface area is 252 Å². The lowest BCUT2D eigenvalue weighted by atomic mass is 9.90. The lowest BCUT2D eigenvalue weighted by Crippen LogP contribution is -2.35. The molecule has 1 fully saturated rings. The Morgan fingerprint density at radius 2 is 1.77 bits per heavy atom. The van der Waals surface area contributed by atoms with Gasteiger partial charge in [0.1, 0.15) is 24.0 Å². The van der Waals surface area contributed by atoms with Gasteiger partial charge in [-0.05, 0) is 103 Å². The van der Waals surface area contributed by atoms with E-state index in [9.17, 15) is 4.79 Å². The van der Waals surface area contributed by atoms with Crippen LogP contribution in [-0.2, 0) is 4.79 Å². The lowest BCUT2D eigenvalue weighted by molar-refractivity contribution is -0.114. The number of para-hydroxylation sites is 1. The van der Waals surface area contributed by atoms with Gasteiger partial charge in [0.2, 0.25) is 5.17 Å². The number of benzene rings is 2. The van der Waals surface area contributed by atoms with Crippen molar-refractivity contribution >= 4 is 62.4 Å². The van der Waals surface area contributed by atoms with Crippen LogP contribution in [0.15, 0.2) is 46.0 Å². The van der Waals surface area contributed by atoms with Gasteiger partial charge in [-0.15, -0.1) is 0 Å². The molecule has 1 N–H and O–H groups in total. The molecule has 2 aromatic rings. The molecule has 3 aliphatic rings. The predicted octanol–water partition coefficient (Wildman–Crippen LogP) is 6.96. The zero-order valence-corrected chi connectivity index (χ0v) is 25.9. The first-order valence-corrected chi connectivity index (χ1v) is 15.5. The lowest BCUT2D eigenvalue weighted by Gasteiger charge is -2.20. The molecule has 0 radical (unpaired) electrons. The van der Waals surface area contributed by atoms with Gasteiger partial charge in [-0.2, -0.15) is 15.1 Å². The highest BCUT2D eigenvalue weighted by Crippen LogP contribution is 2.38. The van der Waals surface area contributed by atoms with Crippen LogP contribution < -0.4 is 14.2 Å². The first-order chi connectivity index (χ1) is 19.4. The number of carbonyl (C=O) groups excluding carboxylic acids is 1. The molecule has 0 saturated heterocycles. The number of amides is 1. The van der Waals surface area contributed by atoms with E-state index in [1.54, 1.807) is 6.08 Å². The molecule has 1 amide bonds. The Kier molecular flexibility index (Phi) is 9.14. The van der Waals surface area contributed by atoms with E-state index < -0.39 is 5.91 Å². The number of amidine groups is 2. The molecule has 40 heavy (non-hydrogen) atoms. The van der Waals surface area contributed by atoms with Crippen LogP contribution in [0.3, 0.4) is 0 Å². The van der Waals surface area contributed by atoms with Crippen LogP contribution >= 0.6 is 34.4 Å². The number of nitrogens with zero attached hydrogens (tertiary/aromatic N) is 3. The standard InChI is InChI=1S/C30H33IN4O4S/c1-4-37-24-17-20(16-23(31)26(24)39-14-13-38-25-18(2)9-8-10-19(25)3)15-22-27(32)35-30(33-28(22)36)40-29(34-35)21-11-6-5-7-12-21/h8-10,15-17,21,32H,4-7,11-14H2,1-3H3. The van der Waals surface area contributed by atoms with Gasteiger partial charge in [-0.3, -0.25) is 10.2 Å². The second kappa shape index (κ2) is 12.8. The average Bonchev–Trinajstić information content (AvgIpc) is 3.36. The maximum atomic E-state index is 13.0. The summed E-state index contributed by atoms with van der Waals surface area (Å²) in [6, 6.07) is 9.81. The molecule has 0 spiro atoms. The molecule has 0 aromatic heterocycles. The van der Waals surface area contributed by atoms with Gasteiger partial charge in [0.25, 0.3) is 5.91 Å². The Morgan fingerprint density at radius 3 is 2.48 bits per heavy atom. The first kappa shape index (κ1) is 28.7. The second-order valence-electron chi connectivity index (χ2n) is 9.97. The maximum Gasteiger partial charge on any atom is 0.283 e. The molecule has 0 unspecified atom stereocenters. The van der Waals surface area contributed by atoms with Crippen molar-refractivity contribution in [3.63, 3.8) is 0 Å². The fraction of sp³-hybridized carbons (Fsp3) is 0.400. The number of halogens is 1. The summed E-state index contributed by atoms with van der Waals surface area (Å²) in [6.45, 7) is 7.16. The van der Waals surface area contributed by atoms with E-state index in [1.165, 1.54) is 36.0 Å². The Balaban J connectivity index is 1.32. The summed E-state index contributed by atoms with van der Waals surface area (Å²) in [5, 5.41) is 16.4. The van der Waals surface area contributed by atoms with Gasteiger partial charge in [0.05, 0.1) is 15.8 Å². The minimum atomic E-state index is -0.430. The summed E-state index contributed by atoms with van der Waals surface area (Å²) in [7, 11) is 0. The summed E-state index contributed by atoms with van der Waals surface area (Å²) in [4.78, 5) is 17.3. The van der Waals surface area contributed by atoms with E-state index in [2.05, 4.69) is 27.6 Å². The normalized spacial score (nSPS) is 18.5. The molecular weight excluding hydrogens is 639 g/mol. The van der Waals surface area contributed by atoms with Crippen molar-refractivity contribution in [1.82, 2.24) is 5.01 Å². The Bertz CT molecular complexity index is 1390. The van der Waals surface area contributed by atoms with Crippen molar-refractivity contribution in [2.24, 2.45) is 16.0 Å². The number of hydrazone groups is 1. The quantitative estimate of drug-likeness (QED) is 0.176. The highest BCUT2D eigenvalue weighted by Gasteiger charge is 2.38. The zero-order valence-electron chi connectivity index (χ0n) is 23.0. The minimum absolute atomic E-state index is 0.0465. The molecule has 2 aromatic carbocycles. The third-order valence-electron chi connectivity index (χ3n) is 7.05. The van der Waals surface area contributed by atoms with Crippen molar-refractivity contribution in [2.45, 2.75) is 52.9 Å². The van der Waals surface area contributed by atoms with E-state index in [0.29, 0.717) is 42.4 Å². The highest BCUT2D eigenvalue weighted by atomic mass is 127. The highest BCUT2D eigenvalue weighted by molar-refractivity contribution is 14.1. The molecule has 5 rings (SSSR count). The summed E-state index contributed by atoms with van der Waals surface area (Å²) >= 11 is 3.63. The minimum Gasteiger partial charge on any atom is -0.490 e. The largest absolute Gasteiger partial charge is 0.490 e. The van der Waals surface area contributed by atoms with Crippen molar-refractivity contribution in [3.8, 4) is 17.2 Å². The van der Waals surface area contributed by atoms with Crippen LogP contribution in [-0.4, -0.2) is 46.8 Å². The molecule has 1 aliphatic carbocycles. The molecule has 1 saturated carbocycles. The van der Waals surface area contributed by atoms with Gasteiger partial charge < -0.3 is 14.2 Å². The SMILES string of the molecule is CCOc1cc(C=C2C(=N)N3N=C(C4CCCCC4)SC3=NC2=O)cc(I)c1OCCOc1c(C)cccc1C. The van der Waals surface area contributed by atoms with Gasteiger partial charge in [0.15, 0.2) is 17.3 Å². The third kappa shape index (κ3) is 6.22. The van der Waals surface area contributed by atoms with Crippen molar-refractivity contribution < 1.29 is 19.0 Å². The monoisotopic (exact) mass is 672 g/mol. The van der Waals surface area contributed by atoms with Crippen molar-refractivity contribution in [3.05, 3.63) is 56.2 Å². The number of fused-ring (bicyclic) bond motifs is 1. The number of aryl methyl sites for hydroxylation is 2. The zero-order chi connectivity index (χ0) is 28.2. The van der Waals surface area contributed by atoms with Crippen LogP contribution in [0.1, 0.15) is 55.7 Å². The number of ether oxygens (including phenoxy) is 3. The smallest absolute Gasteiger partial charge is 0.283 e. The number of aliphatic imine (C=N–C) groups is 1. The Hall–Kier alpha value is -2.86. The molecule has 8 nitrogen and oxygen atoms in total. The van der Waals surface area contributed by atoms with Gasteiger partial charge in [0, 0.05) is 5.92 Å². The molecule has 2 heterocycles. The number of nitrogens with one attached hydrogen (secondary N) is 1. The van der Waals surface area contributed by atoms with E-state index in [1.807, 2.05) is 51.1 Å². The molecule has 0 atom stereocenters. The summed E-state index contributed by atoms with van der Waals surface area (Å²) in [5.41, 5.74) is 3.10. The van der Waals surface area contributed by atoms with E-state index in [4.69, 9.17) is 24.7 Å². The topological polar surface area (TPSA) is 96.6 Å². The summed E-state index contributed by atoms with van der Waals surface area (Å²) < 4.78 is 18.8. The van der Waals surface area contributed by atoms with Crippen LogP contribution in [0, 0.1) is 28.7 Å². The van der Waals surface area contributed by atoms with Gasteiger partial charge >= 0.3 is 0 Å². The summed E-state index contributed by atoms with van der Waals surface area (Å²) in [5.74, 6) is 2.08. The van der Waals surface area contributed by atoms with Crippen LogP contribution in [0.2, 0.25) is 0 Å². The molecule has 2 aliphatic heterocycles. The van der Waals surface area contributed by atoms with Crippen molar-refractivity contribution in [2.75, 3.05) is 19.8 Å². The van der Waals surface area contributed by atoms with E-state index >= 15 is 0 Å². The summed E-state index contributed by atoms with van der Waals surface area (Å²) in [6.07, 6.45) is 7.52. The van der Waals surface area contributed by atoms with E-state index in [0.717, 1.165) is 43.9 Å². The number of carbonyl (C=O) groups is 1. The third-order valence-corrected chi connectivity index (χ3v) is 8.92. The van der Waals surface area contributed by atoms with Crippen LogP contribution in [0.25, 0.3) is 6.08 Å². The molecule has 10 heteroatoms. The van der Waals surface area contributed by atoms with Gasteiger partial charge in [-0.25, -0.2) is 0 Å². The maximum absolute atomic E-state index is 13.0. The van der Waals surface area contributed by atoms with Crippen molar-refractivity contribution in [1.29, 1.82) is 5.41 Å². The Morgan fingerprint density at radius 1 is 1.07 bits per heavy atom. The van der Waals surface area contributed by atoms with E-state index in [-0.39, 0.29) is 11.4 Å². The predicted molar refractivity (Wildman–Crippen MR) is 169 cm³/mol. The molecule has 210 valence electrons. The number of thioether (sulfide) groups is 1. The number of hydrogen-bond acceptors (Lipinski definition) is 7. The number of rotatable bonds is 9. The molecular formula is C30H33IN4O4S. The number of hydrogen-bond donors (Lipinski definition) is 1. The fourth-order valence-electron chi connectivity index (χ4n) is 5.08. The van der Waals surface area contributed by atoms with Gasteiger partial charge in [-0.1, -0.05) is 37.5 Å². The average molecular weight is 673 g/mol. The fourth-order valence-corrected chi connectivity index (χ4v) is 6.92. The van der Waals surface area contributed by atoms with Crippen LogP contribution in [0.5, 0.6) is 17.2 Å². The second-order valence-corrected chi connectivity index (χ2v) is 12.1. The first-order valence-electron chi connectivity index (χ1n) is 13.6. The van der Waals surface area contributed by atoms with Crippen LogP contribution in [0.4, 0.5) is 0 Å². The molecule has 0 bridgehead atoms.